The molecular formula is C32H33F2N3O6. The zero-order chi connectivity index (χ0) is 30.5. The van der Waals surface area contributed by atoms with E-state index in [2.05, 4.69) is 15.0 Å². The Morgan fingerprint density at radius 1 is 1.05 bits per heavy atom. The fourth-order valence-corrected chi connectivity index (χ4v) is 4.99. The molecule has 0 spiro atoms. The Kier molecular flexibility index (Phi) is 9.18. The van der Waals surface area contributed by atoms with Gasteiger partial charge < -0.3 is 24.4 Å². The van der Waals surface area contributed by atoms with Gasteiger partial charge in [0.05, 0.1) is 12.3 Å². The van der Waals surface area contributed by atoms with Gasteiger partial charge in [-0.2, -0.15) is 8.78 Å². The molecule has 0 radical (unpaired) electrons. The van der Waals surface area contributed by atoms with E-state index in [1.54, 1.807) is 42.5 Å². The Balaban J connectivity index is 1.23. The van der Waals surface area contributed by atoms with Crippen molar-refractivity contribution in [1.82, 2.24) is 9.88 Å². The van der Waals surface area contributed by atoms with Crippen LogP contribution in [0.4, 0.5) is 14.5 Å². The van der Waals surface area contributed by atoms with Gasteiger partial charge in [-0.1, -0.05) is 29.8 Å². The van der Waals surface area contributed by atoms with E-state index in [4.69, 9.17) is 9.47 Å². The number of aryl methyl sites for hydroxylation is 1. The summed E-state index contributed by atoms with van der Waals surface area (Å²) >= 11 is 0. The number of alkyl halides is 2. The number of hydrogen-bond donors (Lipinski definition) is 1. The van der Waals surface area contributed by atoms with Crippen LogP contribution in [-0.2, 0) is 20.9 Å². The van der Waals surface area contributed by atoms with E-state index in [9.17, 15) is 23.2 Å². The lowest BCUT2D eigenvalue weighted by Crippen LogP contribution is -2.40. The Morgan fingerprint density at radius 3 is 2.51 bits per heavy atom. The Labute approximate surface area is 248 Å². The van der Waals surface area contributed by atoms with Gasteiger partial charge in [-0.3, -0.25) is 9.59 Å². The lowest BCUT2D eigenvalue weighted by atomic mass is 9.96. The summed E-state index contributed by atoms with van der Waals surface area (Å²) in [6.45, 7) is 0.808. The number of halogens is 2. The number of ether oxygens (including phenoxy) is 3. The topological polar surface area (TPSA) is 107 Å². The van der Waals surface area contributed by atoms with Crippen molar-refractivity contribution in [2.24, 2.45) is 5.92 Å². The molecule has 2 amide bonds. The average molecular weight is 594 g/mol. The number of anilines is 1. The van der Waals surface area contributed by atoms with Crippen molar-refractivity contribution in [1.29, 1.82) is 0 Å². The number of rotatable bonds is 11. The first-order valence-corrected chi connectivity index (χ1v) is 14.2. The second kappa shape index (κ2) is 13.2. The summed E-state index contributed by atoms with van der Waals surface area (Å²) < 4.78 is 41.9. The molecule has 2 aromatic carbocycles. The van der Waals surface area contributed by atoms with Crippen LogP contribution < -0.4 is 14.8 Å². The van der Waals surface area contributed by atoms with Crippen LogP contribution in [0.25, 0.3) is 0 Å². The van der Waals surface area contributed by atoms with Crippen molar-refractivity contribution in [3.8, 4) is 11.5 Å². The van der Waals surface area contributed by atoms with Crippen molar-refractivity contribution in [2.45, 2.75) is 58.3 Å². The number of esters is 1. The van der Waals surface area contributed by atoms with Gasteiger partial charge in [-0.15, -0.1) is 0 Å². The maximum Gasteiger partial charge on any atom is 0.387 e. The molecule has 0 bridgehead atoms. The van der Waals surface area contributed by atoms with Gasteiger partial charge in [0.15, 0.2) is 11.5 Å². The van der Waals surface area contributed by atoms with E-state index >= 15 is 0 Å². The van der Waals surface area contributed by atoms with Crippen molar-refractivity contribution in [3.63, 3.8) is 0 Å². The molecule has 226 valence electrons. The van der Waals surface area contributed by atoms with E-state index in [1.165, 1.54) is 17.9 Å². The van der Waals surface area contributed by atoms with Gasteiger partial charge in [0.2, 0.25) is 5.91 Å². The van der Waals surface area contributed by atoms with Crippen molar-refractivity contribution >= 4 is 23.5 Å². The summed E-state index contributed by atoms with van der Waals surface area (Å²) in [5.41, 5.74) is 2.98. The maximum absolute atomic E-state index is 13.2. The number of likely N-dealkylation sites (tertiary alicyclic amines) is 1. The molecule has 3 aromatic rings. The molecule has 1 saturated heterocycles. The summed E-state index contributed by atoms with van der Waals surface area (Å²) in [5, 5.41) is 2.79. The zero-order valence-electron chi connectivity index (χ0n) is 23.9. The molecule has 11 heteroatoms. The van der Waals surface area contributed by atoms with Crippen LogP contribution in [-0.4, -0.2) is 53.5 Å². The predicted molar refractivity (Wildman–Crippen MR) is 153 cm³/mol. The average Bonchev–Trinajstić information content (AvgIpc) is 3.71. The number of carbonyl (C=O) groups excluding carboxylic acids is 3. The molecule has 0 unspecified atom stereocenters. The SMILES string of the molecule is CC(=O)N1C[C@H](c2ccc(OC(F)F)c(OCC3CC3)c2)C[C@@H]1C(=O)OCc1cccc(C(=O)Nc2ccc(C)cc2)n1. The summed E-state index contributed by atoms with van der Waals surface area (Å²) in [5.74, 6) is -0.987. The van der Waals surface area contributed by atoms with E-state index < -0.39 is 24.5 Å². The lowest BCUT2D eigenvalue weighted by Gasteiger charge is -2.21. The molecule has 1 N–H and O–H groups in total. The molecule has 2 heterocycles. The third-order valence-corrected chi connectivity index (χ3v) is 7.52. The summed E-state index contributed by atoms with van der Waals surface area (Å²) in [6.07, 6.45) is 2.35. The van der Waals surface area contributed by atoms with Gasteiger partial charge >= 0.3 is 12.6 Å². The van der Waals surface area contributed by atoms with Gasteiger partial charge in [0.1, 0.15) is 18.3 Å². The molecule has 2 atom stereocenters. The highest BCUT2D eigenvalue weighted by molar-refractivity contribution is 6.02. The Hall–Kier alpha value is -4.54. The quantitative estimate of drug-likeness (QED) is 0.294. The molecule has 5 rings (SSSR count). The molecule has 1 saturated carbocycles. The van der Waals surface area contributed by atoms with Crippen LogP contribution in [0, 0.1) is 12.8 Å². The van der Waals surface area contributed by atoms with Crippen LogP contribution in [0.15, 0.2) is 60.7 Å². The normalized spacial score (nSPS) is 17.9. The highest BCUT2D eigenvalue weighted by Crippen LogP contribution is 2.39. The monoisotopic (exact) mass is 593 g/mol. The van der Waals surface area contributed by atoms with Crippen LogP contribution in [0.5, 0.6) is 11.5 Å². The maximum atomic E-state index is 13.2. The largest absolute Gasteiger partial charge is 0.489 e. The highest BCUT2D eigenvalue weighted by Gasteiger charge is 2.40. The van der Waals surface area contributed by atoms with Gasteiger partial charge in [0, 0.05) is 25.1 Å². The third-order valence-electron chi connectivity index (χ3n) is 7.52. The smallest absolute Gasteiger partial charge is 0.387 e. The van der Waals surface area contributed by atoms with Gasteiger partial charge in [-0.05, 0) is 74.1 Å². The molecule has 9 nitrogen and oxygen atoms in total. The molecule has 1 aliphatic carbocycles. The number of benzene rings is 2. The lowest BCUT2D eigenvalue weighted by molar-refractivity contribution is -0.154. The first-order chi connectivity index (χ1) is 20.7. The summed E-state index contributed by atoms with van der Waals surface area (Å²) in [6, 6.07) is 16.1. The minimum Gasteiger partial charge on any atom is -0.489 e. The minimum atomic E-state index is -2.99. The van der Waals surface area contributed by atoms with Crippen LogP contribution in [0.2, 0.25) is 0 Å². The van der Waals surface area contributed by atoms with E-state index in [0.29, 0.717) is 23.9 Å². The fraction of sp³-hybridized carbons (Fsp3) is 0.375. The Morgan fingerprint density at radius 2 is 1.81 bits per heavy atom. The van der Waals surface area contributed by atoms with Crippen molar-refractivity contribution in [2.75, 3.05) is 18.5 Å². The van der Waals surface area contributed by atoms with Crippen LogP contribution >= 0.6 is 0 Å². The second-order valence-corrected chi connectivity index (χ2v) is 10.9. The molecule has 43 heavy (non-hydrogen) atoms. The number of hydrogen-bond acceptors (Lipinski definition) is 7. The number of nitrogens with one attached hydrogen (secondary N) is 1. The van der Waals surface area contributed by atoms with E-state index in [1.807, 2.05) is 19.1 Å². The van der Waals surface area contributed by atoms with Gasteiger partial charge in [0.25, 0.3) is 5.91 Å². The number of aromatic nitrogens is 1. The van der Waals surface area contributed by atoms with Gasteiger partial charge in [-0.25, -0.2) is 9.78 Å². The molecule has 2 aliphatic rings. The number of amides is 2. The number of pyridine rings is 1. The number of carbonyl (C=O) groups is 3. The number of nitrogens with zero attached hydrogens (tertiary/aromatic N) is 2. The Bertz CT molecular complexity index is 1480. The predicted octanol–water partition coefficient (Wildman–Crippen LogP) is 5.48. The third kappa shape index (κ3) is 7.85. The molecule has 2 fully saturated rings. The van der Waals surface area contributed by atoms with Crippen LogP contribution in [0.1, 0.15) is 59.4 Å². The van der Waals surface area contributed by atoms with E-state index in [0.717, 1.165) is 24.0 Å². The minimum absolute atomic E-state index is 0.0564. The molecular weight excluding hydrogens is 560 g/mol. The van der Waals surface area contributed by atoms with Crippen molar-refractivity contribution < 1.29 is 37.4 Å². The standard InChI is InChI=1S/C32H33F2N3O6/c1-19-6-11-24(12-7-19)36-30(39)26-5-3-4-25(35-26)18-42-31(40)27-14-23(16-37(27)20(2)38)22-10-13-28(43-32(33)34)29(15-22)41-17-21-8-9-21/h3-7,10-13,15,21,23,27,32H,8-9,14,16-18H2,1-2H3,(H,36,39)/t23-,27-/m1/s1. The summed E-state index contributed by atoms with van der Waals surface area (Å²) in [4.78, 5) is 44.1. The first-order valence-electron chi connectivity index (χ1n) is 14.2. The highest BCUT2D eigenvalue weighted by atomic mass is 19.3. The first kappa shape index (κ1) is 29.9. The van der Waals surface area contributed by atoms with E-state index in [-0.39, 0.29) is 48.6 Å². The molecule has 1 aromatic heterocycles. The van der Waals surface area contributed by atoms with Crippen molar-refractivity contribution in [3.05, 3.63) is 83.2 Å². The fourth-order valence-electron chi connectivity index (χ4n) is 4.99. The zero-order valence-corrected chi connectivity index (χ0v) is 23.9. The van der Waals surface area contributed by atoms with Crippen LogP contribution in [0.3, 0.4) is 0 Å². The molecule has 1 aliphatic heterocycles. The summed E-state index contributed by atoms with van der Waals surface area (Å²) in [7, 11) is 0. The second-order valence-electron chi connectivity index (χ2n) is 10.9.